The topological polar surface area (TPSA) is 47.3 Å². The normalized spacial score (nSPS) is 9.73. The standard InChI is InChI=1S/C11H14N2OS/c1-13(6-7-14)10-4-3-5-11(15-2)9(10)8-12/h3-5,14H,6-7H2,1-2H3. The highest BCUT2D eigenvalue weighted by molar-refractivity contribution is 7.98. The largest absolute Gasteiger partial charge is 0.395 e. The number of hydrogen-bond acceptors (Lipinski definition) is 4. The Labute approximate surface area is 94.3 Å². The average Bonchev–Trinajstić information content (AvgIpc) is 2.28. The van der Waals surface area contributed by atoms with E-state index in [1.165, 1.54) is 0 Å². The number of likely N-dealkylation sites (N-methyl/N-ethyl adjacent to an activating group) is 1. The Morgan fingerprint density at radius 3 is 2.80 bits per heavy atom. The zero-order chi connectivity index (χ0) is 11.3. The molecule has 0 spiro atoms. The molecule has 4 heteroatoms. The van der Waals surface area contributed by atoms with Gasteiger partial charge in [-0.25, -0.2) is 0 Å². The van der Waals surface area contributed by atoms with E-state index in [0.29, 0.717) is 12.1 Å². The van der Waals surface area contributed by atoms with Crippen molar-refractivity contribution in [1.82, 2.24) is 0 Å². The van der Waals surface area contributed by atoms with E-state index in [-0.39, 0.29) is 6.61 Å². The molecule has 0 amide bonds. The van der Waals surface area contributed by atoms with Crippen molar-refractivity contribution in [2.75, 3.05) is 31.4 Å². The van der Waals surface area contributed by atoms with Crippen LogP contribution in [-0.2, 0) is 0 Å². The van der Waals surface area contributed by atoms with Gasteiger partial charge in [0.25, 0.3) is 0 Å². The lowest BCUT2D eigenvalue weighted by atomic mass is 10.2. The molecular weight excluding hydrogens is 208 g/mol. The second-order valence-electron chi connectivity index (χ2n) is 3.11. The molecule has 15 heavy (non-hydrogen) atoms. The van der Waals surface area contributed by atoms with E-state index in [4.69, 9.17) is 10.4 Å². The van der Waals surface area contributed by atoms with Crippen LogP contribution < -0.4 is 4.90 Å². The third-order valence-corrected chi connectivity index (χ3v) is 2.96. The molecule has 0 bridgehead atoms. The van der Waals surface area contributed by atoms with E-state index in [2.05, 4.69) is 6.07 Å². The quantitative estimate of drug-likeness (QED) is 0.788. The van der Waals surface area contributed by atoms with Crippen LogP contribution in [0.25, 0.3) is 0 Å². The van der Waals surface area contributed by atoms with Gasteiger partial charge < -0.3 is 10.0 Å². The van der Waals surface area contributed by atoms with Gasteiger partial charge in [-0.3, -0.25) is 0 Å². The van der Waals surface area contributed by atoms with Gasteiger partial charge >= 0.3 is 0 Å². The van der Waals surface area contributed by atoms with Crippen LogP contribution in [0.2, 0.25) is 0 Å². The molecule has 1 rings (SSSR count). The molecule has 1 aromatic carbocycles. The van der Waals surface area contributed by atoms with Gasteiger partial charge in [0, 0.05) is 18.5 Å². The molecule has 0 unspecified atom stereocenters. The first-order valence-electron chi connectivity index (χ1n) is 4.63. The molecule has 0 saturated carbocycles. The molecule has 80 valence electrons. The summed E-state index contributed by atoms with van der Waals surface area (Å²) in [6.45, 7) is 0.622. The van der Waals surface area contributed by atoms with Crippen LogP contribution in [0, 0.1) is 11.3 Å². The fourth-order valence-corrected chi connectivity index (χ4v) is 1.96. The maximum Gasteiger partial charge on any atom is 0.102 e. The van der Waals surface area contributed by atoms with E-state index < -0.39 is 0 Å². The number of thioether (sulfide) groups is 1. The van der Waals surface area contributed by atoms with Gasteiger partial charge in [0.2, 0.25) is 0 Å². The predicted octanol–water partition coefficient (Wildman–Crippen LogP) is 1.71. The smallest absolute Gasteiger partial charge is 0.102 e. The fraction of sp³-hybridized carbons (Fsp3) is 0.364. The summed E-state index contributed by atoms with van der Waals surface area (Å²) in [6.07, 6.45) is 1.95. The van der Waals surface area contributed by atoms with Crippen molar-refractivity contribution < 1.29 is 5.11 Å². The molecule has 0 aliphatic heterocycles. The van der Waals surface area contributed by atoms with E-state index >= 15 is 0 Å². The molecule has 0 atom stereocenters. The summed E-state index contributed by atoms with van der Waals surface area (Å²) >= 11 is 1.56. The maximum absolute atomic E-state index is 9.09. The Hall–Kier alpha value is -1.18. The lowest BCUT2D eigenvalue weighted by Gasteiger charge is -2.20. The number of hydrogen-bond donors (Lipinski definition) is 1. The van der Waals surface area contributed by atoms with Gasteiger partial charge in [-0.05, 0) is 18.4 Å². The number of aliphatic hydroxyl groups is 1. The van der Waals surface area contributed by atoms with Crippen molar-refractivity contribution in [1.29, 1.82) is 5.26 Å². The first kappa shape index (κ1) is 11.9. The molecular formula is C11H14N2OS. The first-order valence-corrected chi connectivity index (χ1v) is 5.86. The van der Waals surface area contributed by atoms with E-state index in [0.717, 1.165) is 10.6 Å². The summed E-state index contributed by atoms with van der Waals surface area (Å²) < 4.78 is 0. The van der Waals surface area contributed by atoms with Crippen molar-refractivity contribution in [2.45, 2.75) is 4.90 Å². The Kier molecular flexibility index (Phi) is 4.47. The average molecular weight is 222 g/mol. The minimum atomic E-state index is 0.0882. The Bertz CT molecular complexity index is 373. The Balaban J connectivity index is 3.12. The van der Waals surface area contributed by atoms with E-state index in [9.17, 15) is 0 Å². The number of rotatable bonds is 4. The second kappa shape index (κ2) is 5.64. The summed E-state index contributed by atoms with van der Waals surface area (Å²) in [5, 5.41) is 18.0. The lowest BCUT2D eigenvalue weighted by molar-refractivity contribution is 0.304. The molecule has 3 nitrogen and oxygen atoms in total. The highest BCUT2D eigenvalue weighted by Crippen LogP contribution is 2.28. The number of anilines is 1. The van der Waals surface area contributed by atoms with Crippen LogP contribution in [0.5, 0.6) is 0 Å². The predicted molar refractivity (Wildman–Crippen MR) is 63.3 cm³/mol. The van der Waals surface area contributed by atoms with Crippen molar-refractivity contribution in [3.63, 3.8) is 0 Å². The number of aliphatic hydroxyl groups excluding tert-OH is 1. The number of nitriles is 1. The highest BCUT2D eigenvalue weighted by Gasteiger charge is 2.10. The SMILES string of the molecule is CSc1cccc(N(C)CCO)c1C#N. The molecule has 1 aromatic rings. The summed E-state index contributed by atoms with van der Waals surface area (Å²) in [6, 6.07) is 7.96. The number of nitrogens with zero attached hydrogens (tertiary/aromatic N) is 2. The zero-order valence-corrected chi connectivity index (χ0v) is 9.71. The third kappa shape index (κ3) is 2.65. The van der Waals surface area contributed by atoms with Crippen LogP contribution >= 0.6 is 11.8 Å². The lowest BCUT2D eigenvalue weighted by Crippen LogP contribution is -2.22. The van der Waals surface area contributed by atoms with E-state index in [1.54, 1.807) is 11.8 Å². The van der Waals surface area contributed by atoms with Gasteiger partial charge in [0.05, 0.1) is 17.9 Å². The molecule has 0 fully saturated rings. The van der Waals surface area contributed by atoms with Crippen LogP contribution in [0.4, 0.5) is 5.69 Å². The van der Waals surface area contributed by atoms with Crippen LogP contribution in [0.15, 0.2) is 23.1 Å². The highest BCUT2D eigenvalue weighted by atomic mass is 32.2. The molecule has 0 aliphatic rings. The van der Waals surface area contributed by atoms with Gasteiger partial charge in [0.1, 0.15) is 6.07 Å². The van der Waals surface area contributed by atoms with Crippen LogP contribution in [0.3, 0.4) is 0 Å². The molecule has 0 radical (unpaired) electrons. The van der Waals surface area contributed by atoms with Gasteiger partial charge in [-0.2, -0.15) is 5.26 Å². The minimum absolute atomic E-state index is 0.0882. The van der Waals surface area contributed by atoms with Crippen molar-refractivity contribution in [3.8, 4) is 6.07 Å². The molecule has 0 saturated heterocycles. The van der Waals surface area contributed by atoms with E-state index in [1.807, 2.05) is 36.4 Å². The number of benzene rings is 1. The van der Waals surface area contributed by atoms with Crippen molar-refractivity contribution in [2.24, 2.45) is 0 Å². The molecule has 0 aromatic heterocycles. The summed E-state index contributed by atoms with van der Waals surface area (Å²) in [5.74, 6) is 0. The summed E-state index contributed by atoms with van der Waals surface area (Å²) in [7, 11) is 1.87. The van der Waals surface area contributed by atoms with Crippen LogP contribution in [-0.4, -0.2) is 31.6 Å². The summed E-state index contributed by atoms with van der Waals surface area (Å²) in [5.41, 5.74) is 1.55. The fourth-order valence-electron chi connectivity index (χ4n) is 1.39. The van der Waals surface area contributed by atoms with Crippen molar-refractivity contribution in [3.05, 3.63) is 23.8 Å². The zero-order valence-electron chi connectivity index (χ0n) is 8.90. The van der Waals surface area contributed by atoms with Gasteiger partial charge in [0.15, 0.2) is 0 Å². The van der Waals surface area contributed by atoms with Gasteiger partial charge in [-0.1, -0.05) is 6.07 Å². The minimum Gasteiger partial charge on any atom is -0.395 e. The van der Waals surface area contributed by atoms with Crippen LogP contribution in [0.1, 0.15) is 5.56 Å². The Morgan fingerprint density at radius 1 is 1.53 bits per heavy atom. The van der Waals surface area contributed by atoms with Gasteiger partial charge in [-0.15, -0.1) is 11.8 Å². The van der Waals surface area contributed by atoms with Crippen molar-refractivity contribution >= 4 is 17.4 Å². The first-order chi connectivity index (χ1) is 7.24. The second-order valence-corrected chi connectivity index (χ2v) is 3.96. The molecule has 1 N–H and O–H groups in total. The Morgan fingerprint density at radius 2 is 2.27 bits per heavy atom. The third-order valence-electron chi connectivity index (χ3n) is 2.18. The monoisotopic (exact) mass is 222 g/mol. The molecule has 0 aliphatic carbocycles. The summed E-state index contributed by atoms with van der Waals surface area (Å²) in [4.78, 5) is 2.86. The molecule has 0 heterocycles. The maximum atomic E-state index is 9.09.